The topological polar surface area (TPSA) is 56.0 Å². The van der Waals surface area contributed by atoms with Gasteiger partial charge < -0.3 is 0 Å². The van der Waals surface area contributed by atoms with Crippen LogP contribution >= 0.6 is 11.3 Å². The number of rotatable bonds is 3. The minimum Gasteiger partial charge on any atom is -0.258 e. The lowest BCUT2D eigenvalue weighted by molar-refractivity contribution is -0.384. The van der Waals surface area contributed by atoms with Crippen LogP contribution in [0.15, 0.2) is 53.9 Å². The number of aromatic nitrogens is 1. The molecule has 1 aromatic heterocycles. The van der Waals surface area contributed by atoms with E-state index < -0.39 is 0 Å². The average molecular weight is 338 g/mol. The Bertz CT molecular complexity index is 877. The normalized spacial score (nSPS) is 11.5. The second kappa shape index (κ2) is 6.17. The molecular weight excluding hydrogens is 320 g/mol. The van der Waals surface area contributed by atoms with E-state index in [1.165, 1.54) is 11.6 Å². The molecule has 0 spiro atoms. The third kappa shape index (κ3) is 3.36. The molecule has 4 nitrogen and oxygen atoms in total. The first-order chi connectivity index (χ1) is 11.3. The molecule has 3 aromatic rings. The van der Waals surface area contributed by atoms with E-state index in [-0.39, 0.29) is 16.0 Å². The quantitative estimate of drug-likeness (QED) is 0.456. The minimum absolute atomic E-state index is 0.0802. The maximum absolute atomic E-state index is 10.9. The monoisotopic (exact) mass is 338 g/mol. The summed E-state index contributed by atoms with van der Waals surface area (Å²) in [5.41, 5.74) is 4.06. The molecule has 0 fully saturated rings. The van der Waals surface area contributed by atoms with Gasteiger partial charge in [-0.2, -0.15) is 0 Å². The summed E-state index contributed by atoms with van der Waals surface area (Å²) in [5, 5.41) is 13.8. The number of hydrogen-bond donors (Lipinski definition) is 0. The van der Waals surface area contributed by atoms with Gasteiger partial charge in [-0.3, -0.25) is 10.1 Å². The molecule has 24 heavy (non-hydrogen) atoms. The molecule has 0 aliphatic rings. The lowest BCUT2D eigenvalue weighted by Gasteiger charge is -2.18. The number of non-ortho nitro benzene ring substituents is 1. The van der Waals surface area contributed by atoms with E-state index in [0.717, 1.165) is 21.8 Å². The Kier molecular flexibility index (Phi) is 4.20. The van der Waals surface area contributed by atoms with Crippen molar-refractivity contribution in [1.82, 2.24) is 4.98 Å². The molecule has 0 aliphatic heterocycles. The summed E-state index contributed by atoms with van der Waals surface area (Å²) in [6.45, 7) is 6.56. The number of nitro benzene ring substituents is 1. The summed E-state index contributed by atoms with van der Waals surface area (Å²) in [4.78, 5) is 15.2. The Morgan fingerprint density at radius 3 is 2.38 bits per heavy atom. The van der Waals surface area contributed by atoms with Crippen molar-refractivity contribution in [3.8, 4) is 21.8 Å². The molecule has 1 heterocycles. The number of nitrogens with zero attached hydrogens (tertiary/aromatic N) is 2. The Morgan fingerprint density at radius 1 is 1.04 bits per heavy atom. The molecule has 2 aromatic carbocycles. The molecule has 0 atom stereocenters. The highest BCUT2D eigenvalue weighted by atomic mass is 32.1. The van der Waals surface area contributed by atoms with Crippen LogP contribution in [-0.2, 0) is 5.41 Å². The summed E-state index contributed by atoms with van der Waals surface area (Å²) in [7, 11) is 0. The summed E-state index contributed by atoms with van der Waals surface area (Å²) in [6, 6.07) is 15.0. The Balaban J connectivity index is 1.91. The molecule has 5 heteroatoms. The van der Waals surface area contributed by atoms with Crippen LogP contribution in [0.3, 0.4) is 0 Å². The first-order valence-electron chi connectivity index (χ1n) is 7.66. The van der Waals surface area contributed by atoms with Gasteiger partial charge in [-0.25, -0.2) is 4.98 Å². The van der Waals surface area contributed by atoms with Gasteiger partial charge in [0.2, 0.25) is 0 Å². The van der Waals surface area contributed by atoms with E-state index in [0.29, 0.717) is 0 Å². The van der Waals surface area contributed by atoms with Crippen LogP contribution in [0.2, 0.25) is 0 Å². The van der Waals surface area contributed by atoms with Crippen molar-refractivity contribution in [2.24, 2.45) is 0 Å². The van der Waals surface area contributed by atoms with Crippen molar-refractivity contribution in [3.05, 3.63) is 69.6 Å². The number of hydrogen-bond acceptors (Lipinski definition) is 4. The summed E-state index contributed by atoms with van der Waals surface area (Å²) < 4.78 is 0. The predicted octanol–water partition coefficient (Wildman–Crippen LogP) is 5.68. The van der Waals surface area contributed by atoms with Crippen molar-refractivity contribution < 1.29 is 4.92 Å². The molecule has 0 amide bonds. The molecule has 0 saturated heterocycles. The fourth-order valence-electron chi connectivity index (χ4n) is 2.43. The zero-order valence-corrected chi connectivity index (χ0v) is 14.6. The summed E-state index contributed by atoms with van der Waals surface area (Å²) in [6.07, 6.45) is 0. The van der Waals surface area contributed by atoms with Crippen molar-refractivity contribution in [3.63, 3.8) is 0 Å². The number of nitro groups is 1. The summed E-state index contributed by atoms with van der Waals surface area (Å²) >= 11 is 1.54. The molecule has 0 radical (unpaired) electrons. The first kappa shape index (κ1) is 16.3. The maximum Gasteiger partial charge on any atom is 0.270 e. The molecule has 3 rings (SSSR count). The summed E-state index contributed by atoms with van der Waals surface area (Å²) in [5.74, 6) is 0. The predicted molar refractivity (Wildman–Crippen MR) is 98.3 cm³/mol. The zero-order valence-electron chi connectivity index (χ0n) is 13.8. The van der Waals surface area contributed by atoms with Gasteiger partial charge >= 0.3 is 0 Å². The van der Waals surface area contributed by atoms with Gasteiger partial charge in [-0.15, -0.1) is 11.3 Å². The number of thiazole rings is 1. The molecule has 0 aliphatic carbocycles. The first-order valence-corrected chi connectivity index (χ1v) is 8.54. The van der Waals surface area contributed by atoms with Crippen molar-refractivity contribution in [2.45, 2.75) is 26.2 Å². The van der Waals surface area contributed by atoms with Gasteiger partial charge in [-0.05, 0) is 11.0 Å². The third-order valence-corrected chi connectivity index (χ3v) is 4.75. The SMILES string of the molecule is CC(C)(C)c1ccc(-c2nc(-c3cccc([N+](=O)[O-])c3)cs2)cc1. The second-order valence-corrected chi connectivity index (χ2v) is 7.53. The largest absolute Gasteiger partial charge is 0.270 e. The lowest BCUT2D eigenvalue weighted by Crippen LogP contribution is -2.10. The van der Waals surface area contributed by atoms with E-state index in [2.05, 4.69) is 50.0 Å². The fourth-order valence-corrected chi connectivity index (χ4v) is 3.27. The highest BCUT2D eigenvalue weighted by Crippen LogP contribution is 2.31. The molecule has 0 N–H and O–H groups in total. The molecule has 122 valence electrons. The van der Waals surface area contributed by atoms with Gasteiger partial charge in [0.05, 0.1) is 10.6 Å². The smallest absolute Gasteiger partial charge is 0.258 e. The Labute approximate surface area is 145 Å². The van der Waals surface area contributed by atoms with Crippen LogP contribution in [0.4, 0.5) is 5.69 Å². The van der Waals surface area contributed by atoms with Crippen LogP contribution in [-0.4, -0.2) is 9.91 Å². The van der Waals surface area contributed by atoms with E-state index in [9.17, 15) is 10.1 Å². The van der Waals surface area contributed by atoms with Gasteiger partial charge in [0.15, 0.2) is 0 Å². The minimum atomic E-state index is -0.387. The maximum atomic E-state index is 10.9. The van der Waals surface area contributed by atoms with Crippen LogP contribution < -0.4 is 0 Å². The van der Waals surface area contributed by atoms with Crippen molar-refractivity contribution in [2.75, 3.05) is 0 Å². The van der Waals surface area contributed by atoms with Gasteiger partial charge in [0.25, 0.3) is 5.69 Å². The highest BCUT2D eigenvalue weighted by molar-refractivity contribution is 7.13. The van der Waals surface area contributed by atoms with Crippen LogP contribution in [0, 0.1) is 10.1 Å². The van der Waals surface area contributed by atoms with E-state index in [1.807, 2.05) is 11.4 Å². The molecule has 0 saturated carbocycles. The molecular formula is C19H18N2O2S. The van der Waals surface area contributed by atoms with Crippen LogP contribution in [0.25, 0.3) is 21.8 Å². The van der Waals surface area contributed by atoms with Gasteiger partial charge in [0.1, 0.15) is 5.01 Å². The van der Waals surface area contributed by atoms with E-state index in [1.54, 1.807) is 23.5 Å². The van der Waals surface area contributed by atoms with Crippen molar-refractivity contribution >= 4 is 17.0 Å². The lowest BCUT2D eigenvalue weighted by atomic mass is 9.87. The number of benzene rings is 2. The third-order valence-electron chi connectivity index (χ3n) is 3.85. The van der Waals surface area contributed by atoms with Crippen molar-refractivity contribution in [1.29, 1.82) is 0 Å². The molecule has 0 unspecified atom stereocenters. The fraction of sp³-hybridized carbons (Fsp3) is 0.211. The molecule has 0 bridgehead atoms. The zero-order chi connectivity index (χ0) is 17.3. The standard InChI is InChI=1S/C19H18N2O2S/c1-19(2,3)15-9-7-13(8-10-15)18-20-17(12-24-18)14-5-4-6-16(11-14)21(22)23/h4-12H,1-3H3. The second-order valence-electron chi connectivity index (χ2n) is 6.67. The highest BCUT2D eigenvalue weighted by Gasteiger charge is 2.14. The van der Waals surface area contributed by atoms with Gasteiger partial charge in [-0.1, -0.05) is 57.2 Å². The Morgan fingerprint density at radius 2 is 1.75 bits per heavy atom. The van der Waals surface area contributed by atoms with Crippen LogP contribution in [0.5, 0.6) is 0 Å². The van der Waals surface area contributed by atoms with Crippen LogP contribution in [0.1, 0.15) is 26.3 Å². The van der Waals surface area contributed by atoms with Gasteiger partial charge in [0, 0.05) is 28.6 Å². The average Bonchev–Trinajstić information content (AvgIpc) is 3.04. The van der Waals surface area contributed by atoms with E-state index >= 15 is 0 Å². The Hall–Kier alpha value is -2.53. The van der Waals surface area contributed by atoms with E-state index in [4.69, 9.17) is 0 Å².